The minimum atomic E-state index is 1.06. The van der Waals surface area contributed by atoms with Gasteiger partial charge in [-0.05, 0) is 38.1 Å². The number of nitrogens with one attached hydrogen (secondary N) is 1. The van der Waals surface area contributed by atoms with Crippen molar-refractivity contribution < 1.29 is 0 Å². The summed E-state index contributed by atoms with van der Waals surface area (Å²) in [5.41, 5.74) is 7.00. The molecule has 3 heterocycles. The van der Waals surface area contributed by atoms with Gasteiger partial charge in [-0.3, -0.25) is 4.98 Å². The Morgan fingerprint density at radius 1 is 1.18 bits per heavy atom. The number of pyridine rings is 1. The largest absolute Gasteiger partial charge is 0.359 e. The van der Waals surface area contributed by atoms with Crippen LogP contribution >= 0.6 is 0 Å². The minimum absolute atomic E-state index is 1.06. The van der Waals surface area contributed by atoms with E-state index in [1.165, 1.54) is 22.5 Å². The molecule has 0 spiro atoms. The molecule has 3 nitrogen and oxygen atoms in total. The molecule has 0 aliphatic heterocycles. The maximum absolute atomic E-state index is 4.51. The topological polar surface area (TPSA) is 33.6 Å². The number of aromatic amines is 1. The van der Waals surface area contributed by atoms with Gasteiger partial charge in [0, 0.05) is 35.9 Å². The number of aryl methyl sites for hydroxylation is 2. The molecule has 86 valence electrons. The van der Waals surface area contributed by atoms with Crippen molar-refractivity contribution in [2.75, 3.05) is 0 Å². The summed E-state index contributed by atoms with van der Waals surface area (Å²) in [6.07, 6.45) is 1.85. The molecular weight excluding hydrogens is 210 g/mol. The smallest absolute Gasteiger partial charge is 0.0976 e. The van der Waals surface area contributed by atoms with Crippen LogP contribution in [-0.4, -0.2) is 14.5 Å². The van der Waals surface area contributed by atoms with Crippen molar-refractivity contribution in [1.29, 1.82) is 0 Å². The van der Waals surface area contributed by atoms with E-state index in [4.69, 9.17) is 0 Å². The van der Waals surface area contributed by atoms with Crippen molar-refractivity contribution >= 4 is 11.0 Å². The number of hydrogen-bond acceptors (Lipinski definition) is 1. The summed E-state index contributed by atoms with van der Waals surface area (Å²) in [4.78, 5) is 7.89. The molecule has 0 bridgehead atoms. The molecule has 0 amide bonds. The molecule has 0 aromatic carbocycles. The van der Waals surface area contributed by atoms with Crippen LogP contribution in [0, 0.1) is 13.8 Å². The van der Waals surface area contributed by atoms with E-state index < -0.39 is 0 Å². The van der Waals surface area contributed by atoms with Gasteiger partial charge in [0.25, 0.3) is 0 Å². The van der Waals surface area contributed by atoms with Gasteiger partial charge in [-0.2, -0.15) is 0 Å². The van der Waals surface area contributed by atoms with Crippen LogP contribution in [0.4, 0.5) is 0 Å². The predicted octanol–water partition coefficient (Wildman–Crippen LogP) is 3.19. The highest BCUT2D eigenvalue weighted by Crippen LogP contribution is 2.31. The lowest BCUT2D eigenvalue weighted by Gasteiger charge is -1.99. The Morgan fingerprint density at radius 3 is 2.71 bits per heavy atom. The molecule has 17 heavy (non-hydrogen) atoms. The van der Waals surface area contributed by atoms with Crippen LogP contribution in [0.5, 0.6) is 0 Å². The van der Waals surface area contributed by atoms with Crippen molar-refractivity contribution in [3.05, 3.63) is 41.9 Å². The zero-order chi connectivity index (χ0) is 12.0. The normalized spacial score (nSPS) is 11.2. The third kappa shape index (κ3) is 1.39. The van der Waals surface area contributed by atoms with Crippen molar-refractivity contribution in [2.24, 2.45) is 7.05 Å². The summed E-state index contributed by atoms with van der Waals surface area (Å²) in [6, 6.07) is 8.29. The second-order valence-corrected chi connectivity index (χ2v) is 4.45. The zero-order valence-corrected chi connectivity index (χ0v) is 10.3. The summed E-state index contributed by atoms with van der Waals surface area (Å²) in [5, 5.41) is 0. The monoisotopic (exact) mass is 225 g/mol. The predicted molar refractivity (Wildman–Crippen MR) is 70.0 cm³/mol. The van der Waals surface area contributed by atoms with Crippen LogP contribution in [0.2, 0.25) is 0 Å². The van der Waals surface area contributed by atoms with Gasteiger partial charge in [-0.15, -0.1) is 0 Å². The molecular formula is C14H15N3. The fourth-order valence-electron chi connectivity index (χ4n) is 2.35. The van der Waals surface area contributed by atoms with E-state index in [-0.39, 0.29) is 0 Å². The fourth-order valence-corrected chi connectivity index (χ4v) is 2.35. The number of hydrogen-bond donors (Lipinski definition) is 1. The number of fused-ring (bicyclic) bond motifs is 1. The van der Waals surface area contributed by atoms with E-state index in [1.807, 2.05) is 12.3 Å². The van der Waals surface area contributed by atoms with E-state index in [0.29, 0.717) is 0 Å². The Balaban J connectivity index is 2.40. The van der Waals surface area contributed by atoms with E-state index in [0.717, 1.165) is 11.2 Å². The molecule has 3 aromatic heterocycles. The van der Waals surface area contributed by atoms with Crippen LogP contribution in [0.3, 0.4) is 0 Å². The molecule has 0 radical (unpaired) electrons. The lowest BCUT2D eigenvalue weighted by Crippen LogP contribution is -1.90. The molecule has 0 atom stereocenters. The Kier molecular flexibility index (Phi) is 2.08. The van der Waals surface area contributed by atoms with Crippen molar-refractivity contribution in [3.8, 4) is 11.3 Å². The van der Waals surface area contributed by atoms with Crippen molar-refractivity contribution in [2.45, 2.75) is 13.8 Å². The molecule has 0 unspecified atom stereocenters. The van der Waals surface area contributed by atoms with Gasteiger partial charge >= 0.3 is 0 Å². The fraction of sp³-hybridized carbons (Fsp3) is 0.214. The molecule has 0 aliphatic carbocycles. The van der Waals surface area contributed by atoms with E-state index in [2.05, 4.69) is 53.6 Å². The highest BCUT2D eigenvalue weighted by Gasteiger charge is 2.15. The molecule has 0 aliphatic rings. The van der Waals surface area contributed by atoms with Gasteiger partial charge < -0.3 is 9.55 Å². The molecule has 3 heteroatoms. The first kappa shape index (κ1) is 10.1. The lowest BCUT2D eigenvalue weighted by atomic mass is 10.1. The van der Waals surface area contributed by atoms with Crippen LogP contribution in [0.15, 0.2) is 30.5 Å². The van der Waals surface area contributed by atoms with Crippen LogP contribution in [-0.2, 0) is 7.05 Å². The number of aromatic nitrogens is 3. The summed E-state index contributed by atoms with van der Waals surface area (Å²) in [7, 11) is 2.08. The van der Waals surface area contributed by atoms with Gasteiger partial charge in [0.2, 0.25) is 0 Å². The molecule has 3 rings (SSSR count). The van der Waals surface area contributed by atoms with Crippen LogP contribution in [0.25, 0.3) is 22.3 Å². The zero-order valence-electron chi connectivity index (χ0n) is 10.3. The number of H-pyrrole nitrogens is 1. The molecule has 3 aromatic rings. The maximum atomic E-state index is 4.51. The Labute approximate surface area is 100 Å². The summed E-state index contributed by atoms with van der Waals surface area (Å²) >= 11 is 0. The maximum Gasteiger partial charge on any atom is 0.0976 e. The first-order valence-electron chi connectivity index (χ1n) is 5.74. The molecule has 1 N–H and O–H groups in total. The van der Waals surface area contributed by atoms with Gasteiger partial charge in [0.15, 0.2) is 0 Å². The summed E-state index contributed by atoms with van der Waals surface area (Å²) in [5.74, 6) is 0. The van der Waals surface area contributed by atoms with Crippen LogP contribution < -0.4 is 0 Å². The first-order valence-corrected chi connectivity index (χ1v) is 5.74. The van der Waals surface area contributed by atoms with Crippen molar-refractivity contribution in [1.82, 2.24) is 14.5 Å². The average molecular weight is 225 g/mol. The Morgan fingerprint density at radius 2 is 2.00 bits per heavy atom. The number of rotatable bonds is 1. The highest BCUT2D eigenvalue weighted by molar-refractivity contribution is 5.94. The van der Waals surface area contributed by atoms with Gasteiger partial charge in [0.1, 0.15) is 0 Å². The van der Waals surface area contributed by atoms with Crippen LogP contribution in [0.1, 0.15) is 11.4 Å². The quantitative estimate of drug-likeness (QED) is 0.678. The Hall–Kier alpha value is -2.03. The van der Waals surface area contributed by atoms with Crippen molar-refractivity contribution in [3.63, 3.8) is 0 Å². The third-order valence-corrected chi connectivity index (χ3v) is 3.35. The summed E-state index contributed by atoms with van der Waals surface area (Å²) < 4.78 is 2.19. The van der Waals surface area contributed by atoms with E-state index >= 15 is 0 Å². The Bertz CT molecular complexity index is 689. The van der Waals surface area contributed by atoms with E-state index in [1.54, 1.807) is 0 Å². The standard InChI is InChI=1S/C14H15N3/c1-9-6-7-11(16-9)13-10(2)17(3)12-5-4-8-15-14(12)13/h4-8,16H,1-3H3. The average Bonchev–Trinajstić information content (AvgIpc) is 2.84. The first-order chi connectivity index (χ1) is 8.18. The molecule has 0 saturated carbocycles. The summed E-state index contributed by atoms with van der Waals surface area (Å²) in [6.45, 7) is 4.20. The molecule has 0 fully saturated rings. The minimum Gasteiger partial charge on any atom is -0.359 e. The number of nitrogens with zero attached hydrogens (tertiary/aromatic N) is 2. The van der Waals surface area contributed by atoms with Gasteiger partial charge in [0.05, 0.1) is 11.0 Å². The second kappa shape index (κ2) is 3.48. The molecule has 0 saturated heterocycles. The highest BCUT2D eigenvalue weighted by atomic mass is 15.0. The van der Waals surface area contributed by atoms with Gasteiger partial charge in [-0.1, -0.05) is 0 Å². The van der Waals surface area contributed by atoms with E-state index in [9.17, 15) is 0 Å². The third-order valence-electron chi connectivity index (χ3n) is 3.35. The lowest BCUT2D eigenvalue weighted by molar-refractivity contribution is 0.918. The second-order valence-electron chi connectivity index (χ2n) is 4.45. The SMILES string of the molecule is Cc1ccc(-c2c(C)n(C)c3cccnc23)[nH]1. The van der Waals surface area contributed by atoms with Gasteiger partial charge in [-0.25, -0.2) is 0 Å².